The van der Waals surface area contributed by atoms with E-state index in [9.17, 15) is 14.4 Å². The van der Waals surface area contributed by atoms with Gasteiger partial charge in [-0.1, -0.05) is 13.8 Å². The van der Waals surface area contributed by atoms with Crippen molar-refractivity contribution in [3.63, 3.8) is 0 Å². The van der Waals surface area contributed by atoms with Gasteiger partial charge in [-0.15, -0.1) is 0 Å². The highest BCUT2D eigenvalue weighted by Crippen LogP contribution is 2.39. The Labute approximate surface area is 204 Å². The summed E-state index contributed by atoms with van der Waals surface area (Å²) in [6.07, 6.45) is 3.48. The number of benzene rings is 1. The van der Waals surface area contributed by atoms with E-state index in [2.05, 4.69) is 0 Å². The summed E-state index contributed by atoms with van der Waals surface area (Å²) in [5.41, 5.74) is 7.30. The van der Waals surface area contributed by atoms with Crippen molar-refractivity contribution in [2.24, 2.45) is 11.7 Å². The number of imidazole rings is 1. The number of amides is 4. The number of fused-ring (bicyclic) bond motifs is 3. The number of ether oxygens (including phenoxy) is 1. The van der Waals surface area contributed by atoms with Crippen LogP contribution in [0.3, 0.4) is 0 Å². The second-order valence-electron chi connectivity index (χ2n) is 10.0. The predicted octanol–water partition coefficient (Wildman–Crippen LogP) is 2.60. The van der Waals surface area contributed by atoms with Crippen molar-refractivity contribution >= 4 is 29.4 Å². The van der Waals surface area contributed by atoms with E-state index in [4.69, 9.17) is 15.5 Å². The number of nitrogens with zero attached hydrogens (tertiary/aromatic N) is 5. The lowest BCUT2D eigenvalue weighted by Crippen LogP contribution is -2.40. The van der Waals surface area contributed by atoms with Crippen LogP contribution in [0.25, 0.3) is 11.4 Å². The molecule has 0 saturated carbocycles. The zero-order chi connectivity index (χ0) is 25.0. The molecule has 3 aliphatic heterocycles. The Morgan fingerprint density at radius 2 is 1.94 bits per heavy atom. The van der Waals surface area contributed by atoms with Crippen molar-refractivity contribution in [1.29, 1.82) is 0 Å². The predicted molar refractivity (Wildman–Crippen MR) is 131 cm³/mol. The van der Waals surface area contributed by atoms with E-state index < -0.39 is 6.04 Å². The molecule has 2 aromatic rings. The van der Waals surface area contributed by atoms with E-state index in [0.717, 1.165) is 30.6 Å². The van der Waals surface area contributed by atoms with Crippen LogP contribution in [0.5, 0.6) is 5.75 Å². The van der Waals surface area contributed by atoms with E-state index in [1.807, 2.05) is 61.6 Å². The lowest BCUT2D eigenvalue weighted by atomic mass is 10.0. The molecular formula is C25H32N6O4. The molecule has 3 aliphatic rings. The first kappa shape index (κ1) is 23.2. The largest absolute Gasteiger partial charge is 0.491 e. The summed E-state index contributed by atoms with van der Waals surface area (Å²) in [7, 11) is 0. The average molecular weight is 481 g/mol. The molecule has 0 aliphatic carbocycles. The fourth-order valence-electron chi connectivity index (χ4n) is 5.40. The van der Waals surface area contributed by atoms with Crippen LogP contribution < -0.4 is 20.3 Å². The Morgan fingerprint density at radius 1 is 1.17 bits per heavy atom. The number of urea groups is 1. The summed E-state index contributed by atoms with van der Waals surface area (Å²) in [6.45, 7) is 9.30. The molecule has 5 rings (SSSR count). The number of nitrogens with two attached hydrogens (primary N) is 1. The van der Waals surface area contributed by atoms with Gasteiger partial charge in [0.2, 0.25) is 5.91 Å². The number of hydrogen-bond acceptors (Lipinski definition) is 6. The highest BCUT2D eigenvalue weighted by atomic mass is 16.5. The molecule has 186 valence electrons. The topological polar surface area (TPSA) is 114 Å². The average Bonchev–Trinajstić information content (AvgIpc) is 3.47. The molecule has 4 amide bonds. The van der Waals surface area contributed by atoms with E-state index in [0.29, 0.717) is 30.5 Å². The third kappa shape index (κ3) is 3.71. The number of hydrogen-bond donors (Lipinski definition) is 1. The fourth-order valence-corrected chi connectivity index (χ4v) is 5.40. The van der Waals surface area contributed by atoms with Crippen molar-refractivity contribution in [1.82, 2.24) is 14.5 Å². The molecule has 1 aromatic carbocycles. The second-order valence-corrected chi connectivity index (χ2v) is 10.0. The van der Waals surface area contributed by atoms with Crippen molar-refractivity contribution in [3.8, 4) is 17.1 Å². The first-order valence-electron chi connectivity index (χ1n) is 12.3. The summed E-state index contributed by atoms with van der Waals surface area (Å²) >= 11 is 0. The van der Waals surface area contributed by atoms with Gasteiger partial charge in [-0.05, 0) is 44.7 Å². The molecule has 0 radical (unpaired) electrons. The van der Waals surface area contributed by atoms with Crippen molar-refractivity contribution in [2.75, 3.05) is 23.0 Å². The lowest BCUT2D eigenvalue weighted by Gasteiger charge is -2.25. The van der Waals surface area contributed by atoms with Gasteiger partial charge in [0.15, 0.2) is 5.82 Å². The van der Waals surface area contributed by atoms with Crippen LogP contribution in [0.1, 0.15) is 40.5 Å². The third-order valence-electron chi connectivity index (χ3n) is 7.05. The van der Waals surface area contributed by atoms with Gasteiger partial charge in [0.05, 0.1) is 12.1 Å². The monoisotopic (exact) mass is 480 g/mol. The Kier molecular flexibility index (Phi) is 5.69. The van der Waals surface area contributed by atoms with Crippen LogP contribution in [-0.2, 0) is 16.1 Å². The number of anilines is 2. The van der Waals surface area contributed by atoms with Crippen LogP contribution in [0, 0.1) is 5.92 Å². The van der Waals surface area contributed by atoms with Gasteiger partial charge in [-0.2, -0.15) is 0 Å². The Balaban J connectivity index is 1.53. The van der Waals surface area contributed by atoms with Gasteiger partial charge in [0, 0.05) is 30.5 Å². The molecule has 2 fully saturated rings. The zero-order valence-electron chi connectivity index (χ0n) is 20.6. The van der Waals surface area contributed by atoms with Gasteiger partial charge in [-0.3, -0.25) is 19.4 Å². The summed E-state index contributed by atoms with van der Waals surface area (Å²) in [4.78, 5) is 48.0. The molecule has 1 unspecified atom stereocenters. The van der Waals surface area contributed by atoms with Crippen LogP contribution in [0.4, 0.5) is 16.3 Å². The van der Waals surface area contributed by atoms with Crippen LogP contribution in [0.2, 0.25) is 0 Å². The third-order valence-corrected chi connectivity index (χ3v) is 7.05. The van der Waals surface area contributed by atoms with Crippen molar-refractivity contribution < 1.29 is 19.1 Å². The highest BCUT2D eigenvalue weighted by Gasteiger charge is 2.49. The van der Waals surface area contributed by atoms with Gasteiger partial charge < -0.3 is 19.9 Å². The number of primary amides is 1. The Morgan fingerprint density at radius 3 is 2.63 bits per heavy atom. The number of carbonyl (C=O) groups is 3. The first-order valence-corrected chi connectivity index (χ1v) is 12.3. The van der Waals surface area contributed by atoms with E-state index in [1.165, 1.54) is 9.80 Å². The molecule has 0 bridgehead atoms. The maximum Gasteiger partial charge on any atom is 0.333 e. The maximum absolute atomic E-state index is 13.3. The summed E-state index contributed by atoms with van der Waals surface area (Å²) < 4.78 is 8.02. The number of imide groups is 1. The van der Waals surface area contributed by atoms with Crippen LogP contribution in [0.15, 0.2) is 24.4 Å². The highest BCUT2D eigenvalue weighted by molar-refractivity contribution is 6.14. The van der Waals surface area contributed by atoms with Crippen LogP contribution in [-0.4, -0.2) is 63.6 Å². The summed E-state index contributed by atoms with van der Waals surface area (Å²) in [5, 5.41) is 0. The molecule has 10 nitrogen and oxygen atoms in total. The van der Waals surface area contributed by atoms with Gasteiger partial charge in [0.25, 0.3) is 5.91 Å². The number of carbonyl (C=O) groups excluding carboxylic acids is 3. The molecule has 0 spiro atoms. The fraction of sp³-hybridized carbons (Fsp3) is 0.520. The molecule has 1 aromatic heterocycles. The minimum absolute atomic E-state index is 0.0615. The molecule has 35 heavy (non-hydrogen) atoms. The Hall–Kier alpha value is -3.56. The molecule has 2 N–H and O–H groups in total. The number of rotatable bonds is 5. The smallest absolute Gasteiger partial charge is 0.333 e. The van der Waals surface area contributed by atoms with E-state index in [1.54, 1.807) is 0 Å². The summed E-state index contributed by atoms with van der Waals surface area (Å²) in [5.74, 6) is 1.24. The molecule has 4 heterocycles. The normalized spacial score (nSPS) is 22.1. The molecule has 10 heteroatoms. The minimum atomic E-state index is -0.594. The second kappa shape index (κ2) is 8.58. The Bertz CT molecular complexity index is 1190. The van der Waals surface area contributed by atoms with Gasteiger partial charge >= 0.3 is 6.03 Å². The standard InChI is InChI=1S/C25H32N6O4/c1-14(2)21-24(33)30(15(3)4)25(34)31(21)20-13-28-10-11-35-19-12-16(7-8-17(19)23(28)27-20)29-9-5-6-18(29)22(26)32/h7-8,12-15,18,21H,5-6,9-11H2,1-4H3,(H2,26,32)/t18-,21?/m0/s1. The molecule has 2 atom stereocenters. The van der Waals surface area contributed by atoms with Crippen molar-refractivity contribution in [3.05, 3.63) is 24.4 Å². The number of aromatic nitrogens is 2. The molecule has 2 saturated heterocycles. The zero-order valence-corrected chi connectivity index (χ0v) is 20.6. The van der Waals surface area contributed by atoms with E-state index >= 15 is 0 Å². The van der Waals surface area contributed by atoms with Crippen LogP contribution >= 0.6 is 0 Å². The van der Waals surface area contributed by atoms with E-state index in [-0.39, 0.29) is 35.8 Å². The van der Waals surface area contributed by atoms with Crippen molar-refractivity contribution in [2.45, 2.75) is 65.2 Å². The minimum Gasteiger partial charge on any atom is -0.491 e. The quantitative estimate of drug-likeness (QED) is 0.658. The first-order chi connectivity index (χ1) is 16.7. The van der Waals surface area contributed by atoms with Gasteiger partial charge in [0.1, 0.15) is 30.3 Å². The van der Waals surface area contributed by atoms with Gasteiger partial charge in [-0.25, -0.2) is 9.78 Å². The summed E-state index contributed by atoms with van der Waals surface area (Å²) in [6, 6.07) is 4.34. The SMILES string of the molecule is CC(C)C1C(=O)N(C(C)C)C(=O)N1c1cn2c(n1)-c1ccc(N3CCC[C@H]3C(N)=O)cc1OCC2. The molecular weight excluding hydrogens is 448 g/mol. The maximum atomic E-state index is 13.3. The lowest BCUT2D eigenvalue weighted by molar-refractivity contribution is -0.129.